The van der Waals surface area contributed by atoms with E-state index in [9.17, 15) is 4.79 Å². The monoisotopic (exact) mass is 413 g/mol. The molecule has 0 fully saturated rings. The minimum Gasteiger partial charge on any atom is -0.363 e. The smallest absolute Gasteiger partial charge is 0.262 e. The lowest BCUT2D eigenvalue weighted by Gasteiger charge is -2.19. The Bertz CT molecular complexity index is 1190. The molecule has 0 saturated heterocycles. The molecule has 0 bridgehead atoms. The first-order valence-electron chi connectivity index (χ1n) is 9.76. The lowest BCUT2D eigenvalue weighted by Crippen LogP contribution is -2.29. The Hall–Kier alpha value is -3.58. The highest BCUT2D eigenvalue weighted by Gasteiger charge is 2.27. The van der Waals surface area contributed by atoms with Gasteiger partial charge in [0.15, 0.2) is 0 Å². The SMILES string of the molecule is O=C(c1cccnc1NCc1nnc(-c2ccccc2)s1)N1CCc2ccccc21. The molecule has 0 spiro atoms. The molecular weight excluding hydrogens is 394 g/mol. The Morgan fingerprint density at radius 2 is 1.83 bits per heavy atom. The van der Waals surface area contributed by atoms with Crippen LogP contribution in [0.3, 0.4) is 0 Å². The fraction of sp³-hybridized carbons (Fsp3) is 0.130. The third kappa shape index (κ3) is 3.55. The molecule has 0 atom stereocenters. The zero-order valence-corrected chi connectivity index (χ0v) is 17.0. The number of para-hydroxylation sites is 1. The van der Waals surface area contributed by atoms with Crippen molar-refractivity contribution in [2.45, 2.75) is 13.0 Å². The number of carbonyl (C=O) groups is 1. The third-order valence-corrected chi connectivity index (χ3v) is 6.04. The van der Waals surface area contributed by atoms with Gasteiger partial charge in [-0.25, -0.2) is 4.98 Å². The molecule has 2 aromatic carbocycles. The minimum absolute atomic E-state index is 0.0437. The van der Waals surface area contributed by atoms with Gasteiger partial charge in [-0.05, 0) is 30.2 Å². The Labute approximate surface area is 178 Å². The van der Waals surface area contributed by atoms with Crippen LogP contribution >= 0.6 is 11.3 Å². The number of carbonyl (C=O) groups excluding carboxylic acids is 1. The third-order valence-electron chi connectivity index (χ3n) is 5.07. The number of pyridine rings is 1. The summed E-state index contributed by atoms with van der Waals surface area (Å²) in [6.45, 7) is 1.14. The molecule has 148 valence electrons. The molecule has 0 radical (unpaired) electrons. The summed E-state index contributed by atoms with van der Waals surface area (Å²) in [4.78, 5) is 19.5. The first-order chi connectivity index (χ1) is 14.8. The predicted octanol–water partition coefficient (Wildman–Crippen LogP) is 4.42. The summed E-state index contributed by atoms with van der Waals surface area (Å²) in [5.74, 6) is 0.515. The van der Waals surface area contributed by atoms with Crippen LogP contribution in [0.1, 0.15) is 20.9 Å². The van der Waals surface area contributed by atoms with Crippen LogP contribution in [-0.2, 0) is 13.0 Å². The van der Waals surface area contributed by atoms with Crippen molar-refractivity contribution >= 4 is 28.7 Å². The molecule has 7 heteroatoms. The first-order valence-corrected chi connectivity index (χ1v) is 10.6. The summed E-state index contributed by atoms with van der Waals surface area (Å²) in [6, 6.07) is 21.6. The van der Waals surface area contributed by atoms with Gasteiger partial charge in [0, 0.05) is 24.0 Å². The number of fused-ring (bicyclic) bond motifs is 1. The lowest BCUT2D eigenvalue weighted by atomic mass is 10.1. The van der Waals surface area contributed by atoms with Crippen molar-refractivity contribution in [3.8, 4) is 10.6 Å². The van der Waals surface area contributed by atoms with Crippen LogP contribution in [0.2, 0.25) is 0 Å². The van der Waals surface area contributed by atoms with Gasteiger partial charge >= 0.3 is 0 Å². The van der Waals surface area contributed by atoms with Crippen molar-refractivity contribution in [3.63, 3.8) is 0 Å². The zero-order valence-electron chi connectivity index (χ0n) is 16.2. The average Bonchev–Trinajstić information content (AvgIpc) is 3.45. The summed E-state index contributed by atoms with van der Waals surface area (Å²) in [5.41, 5.74) is 3.78. The number of rotatable bonds is 5. The molecule has 1 aliphatic heterocycles. The summed E-state index contributed by atoms with van der Waals surface area (Å²) in [7, 11) is 0. The molecule has 2 aromatic heterocycles. The van der Waals surface area contributed by atoms with Gasteiger partial charge in [0.05, 0.1) is 12.1 Å². The highest BCUT2D eigenvalue weighted by atomic mass is 32.1. The number of benzene rings is 2. The number of hydrogen-bond donors (Lipinski definition) is 1. The van der Waals surface area contributed by atoms with Crippen molar-refractivity contribution in [2.75, 3.05) is 16.8 Å². The van der Waals surface area contributed by atoms with Gasteiger partial charge < -0.3 is 10.2 Å². The Morgan fingerprint density at radius 1 is 1.00 bits per heavy atom. The van der Waals surface area contributed by atoms with Gasteiger partial charge in [-0.15, -0.1) is 10.2 Å². The van der Waals surface area contributed by atoms with Crippen molar-refractivity contribution in [2.24, 2.45) is 0 Å². The van der Waals surface area contributed by atoms with E-state index < -0.39 is 0 Å². The Morgan fingerprint density at radius 3 is 2.73 bits per heavy atom. The highest BCUT2D eigenvalue weighted by Crippen LogP contribution is 2.30. The number of nitrogens with one attached hydrogen (secondary N) is 1. The van der Waals surface area contributed by atoms with Crippen LogP contribution in [0.25, 0.3) is 10.6 Å². The standard InChI is InChI=1S/C23H19N5OS/c29-23(28-14-12-16-7-4-5-11-19(16)28)18-10-6-13-24-21(18)25-15-20-26-27-22(30-20)17-8-2-1-3-9-17/h1-11,13H,12,14-15H2,(H,24,25). The molecule has 4 aromatic rings. The van der Waals surface area contributed by atoms with Gasteiger partial charge in [0.2, 0.25) is 0 Å². The van der Waals surface area contributed by atoms with E-state index in [1.54, 1.807) is 12.3 Å². The van der Waals surface area contributed by atoms with Crippen LogP contribution in [-0.4, -0.2) is 27.6 Å². The van der Waals surface area contributed by atoms with E-state index in [4.69, 9.17) is 0 Å². The number of hydrogen-bond acceptors (Lipinski definition) is 6. The summed E-state index contributed by atoms with van der Waals surface area (Å²) in [5, 5.41) is 13.5. The molecule has 30 heavy (non-hydrogen) atoms. The molecule has 0 saturated carbocycles. The quantitative estimate of drug-likeness (QED) is 0.525. The Kier molecular flexibility index (Phi) is 4.94. The predicted molar refractivity (Wildman–Crippen MR) is 119 cm³/mol. The zero-order chi connectivity index (χ0) is 20.3. The molecule has 5 rings (SSSR count). The topological polar surface area (TPSA) is 71.0 Å². The van der Waals surface area contributed by atoms with E-state index in [0.29, 0.717) is 24.5 Å². The van der Waals surface area contributed by atoms with E-state index in [0.717, 1.165) is 27.7 Å². The van der Waals surface area contributed by atoms with Crippen LogP contribution in [0.5, 0.6) is 0 Å². The maximum Gasteiger partial charge on any atom is 0.262 e. The normalized spacial score (nSPS) is 12.6. The number of amides is 1. The van der Waals surface area contributed by atoms with Gasteiger partial charge in [-0.3, -0.25) is 4.79 Å². The fourth-order valence-electron chi connectivity index (χ4n) is 3.60. The van der Waals surface area contributed by atoms with Gasteiger partial charge in [-0.2, -0.15) is 0 Å². The second-order valence-electron chi connectivity index (χ2n) is 6.96. The maximum atomic E-state index is 13.3. The van der Waals surface area contributed by atoms with Crippen molar-refractivity contribution < 1.29 is 4.79 Å². The maximum absolute atomic E-state index is 13.3. The van der Waals surface area contributed by atoms with E-state index in [1.807, 2.05) is 59.5 Å². The largest absolute Gasteiger partial charge is 0.363 e. The van der Waals surface area contributed by atoms with Crippen molar-refractivity contribution in [3.05, 3.63) is 89.1 Å². The summed E-state index contributed by atoms with van der Waals surface area (Å²) in [6.07, 6.45) is 2.56. The van der Waals surface area contributed by atoms with E-state index >= 15 is 0 Å². The van der Waals surface area contributed by atoms with Crippen LogP contribution < -0.4 is 10.2 Å². The Balaban J connectivity index is 1.34. The number of anilines is 2. The molecule has 1 aliphatic rings. The fourth-order valence-corrected chi connectivity index (χ4v) is 4.38. The van der Waals surface area contributed by atoms with Gasteiger partial charge in [0.1, 0.15) is 15.8 Å². The first kappa shape index (κ1) is 18.4. The van der Waals surface area contributed by atoms with Crippen molar-refractivity contribution in [1.29, 1.82) is 0 Å². The molecule has 1 N–H and O–H groups in total. The van der Waals surface area contributed by atoms with Gasteiger partial charge in [-0.1, -0.05) is 59.9 Å². The second kappa shape index (κ2) is 8.04. The van der Waals surface area contributed by atoms with E-state index in [1.165, 1.54) is 16.9 Å². The number of aromatic nitrogens is 3. The second-order valence-corrected chi connectivity index (χ2v) is 8.02. The molecular formula is C23H19N5OS. The summed E-state index contributed by atoms with van der Waals surface area (Å²) < 4.78 is 0. The molecule has 6 nitrogen and oxygen atoms in total. The average molecular weight is 414 g/mol. The molecule has 0 aliphatic carbocycles. The van der Waals surface area contributed by atoms with Crippen LogP contribution in [0.4, 0.5) is 11.5 Å². The van der Waals surface area contributed by atoms with E-state index in [2.05, 4.69) is 26.6 Å². The molecule has 0 unspecified atom stereocenters. The number of nitrogens with zero attached hydrogens (tertiary/aromatic N) is 4. The lowest BCUT2D eigenvalue weighted by molar-refractivity contribution is 0.0990. The van der Waals surface area contributed by atoms with Gasteiger partial charge in [0.25, 0.3) is 5.91 Å². The van der Waals surface area contributed by atoms with Crippen molar-refractivity contribution in [1.82, 2.24) is 15.2 Å². The van der Waals surface area contributed by atoms with Crippen LogP contribution in [0, 0.1) is 0 Å². The van der Waals surface area contributed by atoms with E-state index in [-0.39, 0.29) is 5.91 Å². The molecule has 3 heterocycles. The van der Waals surface area contributed by atoms with Crippen LogP contribution in [0.15, 0.2) is 72.9 Å². The minimum atomic E-state index is -0.0437. The highest BCUT2D eigenvalue weighted by molar-refractivity contribution is 7.14. The molecule has 1 amide bonds. The summed E-state index contributed by atoms with van der Waals surface area (Å²) >= 11 is 1.53.